The van der Waals surface area contributed by atoms with E-state index >= 15 is 0 Å². The molecule has 2 rings (SSSR count). The molecule has 1 aliphatic carbocycles. The fourth-order valence-corrected chi connectivity index (χ4v) is 3.39. The molecule has 2 fully saturated rings. The van der Waals surface area contributed by atoms with Crippen LogP contribution in [0.2, 0.25) is 0 Å². The Balaban J connectivity index is 1.90. The first kappa shape index (κ1) is 13.4. The predicted octanol–water partition coefficient (Wildman–Crippen LogP) is 2.89. The Hall–Kier alpha value is -0.0800. The number of nitrogens with one attached hydrogen (secondary N) is 1. The lowest BCUT2D eigenvalue weighted by atomic mass is 9.66. The van der Waals surface area contributed by atoms with Crippen molar-refractivity contribution in [3.63, 3.8) is 0 Å². The second-order valence-corrected chi connectivity index (χ2v) is 6.60. The maximum Gasteiger partial charge on any atom is 0.0217 e. The van der Waals surface area contributed by atoms with Crippen LogP contribution in [-0.4, -0.2) is 37.1 Å². The molecule has 2 aliphatic rings. The van der Waals surface area contributed by atoms with Gasteiger partial charge >= 0.3 is 0 Å². The number of rotatable bonds is 4. The zero-order chi connectivity index (χ0) is 12.3. The zero-order valence-electron chi connectivity index (χ0n) is 12.0. The van der Waals surface area contributed by atoms with E-state index in [1.807, 2.05) is 0 Å². The van der Waals surface area contributed by atoms with Crippen LogP contribution < -0.4 is 5.32 Å². The van der Waals surface area contributed by atoms with E-state index in [9.17, 15) is 0 Å². The monoisotopic (exact) mass is 238 g/mol. The van der Waals surface area contributed by atoms with Crippen molar-refractivity contribution in [2.45, 2.75) is 58.9 Å². The van der Waals surface area contributed by atoms with Gasteiger partial charge in [0, 0.05) is 19.1 Å². The molecule has 1 unspecified atom stereocenters. The molecule has 0 aromatic rings. The second kappa shape index (κ2) is 5.71. The summed E-state index contributed by atoms with van der Waals surface area (Å²) in [4.78, 5) is 2.74. The van der Waals surface area contributed by atoms with Crippen molar-refractivity contribution in [3.05, 3.63) is 0 Å². The summed E-state index contributed by atoms with van der Waals surface area (Å²) in [5.41, 5.74) is 0.686. The van der Waals surface area contributed by atoms with Gasteiger partial charge in [-0.2, -0.15) is 0 Å². The maximum absolute atomic E-state index is 3.71. The summed E-state index contributed by atoms with van der Waals surface area (Å²) < 4.78 is 0. The predicted molar refractivity (Wildman–Crippen MR) is 74.3 cm³/mol. The van der Waals surface area contributed by atoms with Crippen LogP contribution >= 0.6 is 0 Å². The van der Waals surface area contributed by atoms with Gasteiger partial charge in [0.2, 0.25) is 0 Å². The van der Waals surface area contributed by atoms with Crippen LogP contribution in [-0.2, 0) is 0 Å². The summed E-state index contributed by atoms with van der Waals surface area (Å²) in [5, 5.41) is 3.71. The van der Waals surface area contributed by atoms with Crippen LogP contribution in [0.3, 0.4) is 0 Å². The molecule has 1 atom stereocenters. The highest BCUT2D eigenvalue weighted by Gasteiger charge is 2.37. The molecule has 1 N–H and O–H groups in total. The molecule has 1 heterocycles. The molecule has 0 spiro atoms. The van der Waals surface area contributed by atoms with E-state index in [1.165, 1.54) is 58.3 Å². The summed E-state index contributed by atoms with van der Waals surface area (Å²) in [6, 6.07) is 0.700. The lowest BCUT2D eigenvalue weighted by Crippen LogP contribution is -2.47. The average Bonchev–Trinajstić information content (AvgIpc) is 2.49. The molecule has 1 saturated carbocycles. The Morgan fingerprint density at radius 3 is 2.59 bits per heavy atom. The fourth-order valence-electron chi connectivity index (χ4n) is 3.39. The van der Waals surface area contributed by atoms with Crippen molar-refractivity contribution in [2.75, 3.05) is 26.2 Å². The molecular weight excluding hydrogens is 208 g/mol. The van der Waals surface area contributed by atoms with Gasteiger partial charge in [0.05, 0.1) is 0 Å². The largest absolute Gasteiger partial charge is 0.312 e. The van der Waals surface area contributed by atoms with E-state index in [2.05, 4.69) is 31.0 Å². The first-order valence-electron chi connectivity index (χ1n) is 7.61. The van der Waals surface area contributed by atoms with Crippen molar-refractivity contribution in [3.8, 4) is 0 Å². The zero-order valence-corrected chi connectivity index (χ0v) is 12.0. The van der Waals surface area contributed by atoms with Crippen molar-refractivity contribution >= 4 is 0 Å². The molecule has 1 aliphatic heterocycles. The van der Waals surface area contributed by atoms with Crippen molar-refractivity contribution in [1.82, 2.24) is 10.2 Å². The van der Waals surface area contributed by atoms with Crippen LogP contribution in [0.25, 0.3) is 0 Å². The number of hydrogen-bond acceptors (Lipinski definition) is 2. The minimum atomic E-state index is 0.686. The second-order valence-electron chi connectivity index (χ2n) is 6.60. The van der Waals surface area contributed by atoms with E-state index in [1.54, 1.807) is 0 Å². The van der Waals surface area contributed by atoms with Crippen LogP contribution in [0, 0.1) is 11.3 Å². The summed E-state index contributed by atoms with van der Waals surface area (Å²) in [6.07, 6.45) is 7.11. The quantitative estimate of drug-likeness (QED) is 0.810. The fraction of sp³-hybridized carbons (Fsp3) is 1.00. The van der Waals surface area contributed by atoms with Crippen molar-refractivity contribution in [1.29, 1.82) is 0 Å². The average molecular weight is 238 g/mol. The topological polar surface area (TPSA) is 15.3 Å². The molecule has 0 bridgehead atoms. The molecule has 0 aromatic heterocycles. The molecule has 0 amide bonds. The van der Waals surface area contributed by atoms with Gasteiger partial charge in [-0.25, -0.2) is 0 Å². The van der Waals surface area contributed by atoms with Gasteiger partial charge in [-0.1, -0.05) is 27.2 Å². The van der Waals surface area contributed by atoms with Crippen LogP contribution in [0.4, 0.5) is 0 Å². The third-order valence-electron chi connectivity index (χ3n) is 5.04. The highest BCUT2D eigenvalue weighted by Crippen LogP contribution is 2.44. The molecule has 17 heavy (non-hydrogen) atoms. The number of hydrogen-bond donors (Lipinski definition) is 1. The Morgan fingerprint density at radius 2 is 2.06 bits per heavy atom. The molecule has 100 valence electrons. The van der Waals surface area contributed by atoms with E-state index < -0.39 is 0 Å². The molecule has 0 radical (unpaired) electrons. The minimum absolute atomic E-state index is 0.686. The van der Waals surface area contributed by atoms with Crippen LogP contribution in [0.1, 0.15) is 52.9 Å². The third-order valence-corrected chi connectivity index (χ3v) is 5.04. The van der Waals surface area contributed by atoms with Crippen molar-refractivity contribution in [2.24, 2.45) is 11.3 Å². The first-order valence-corrected chi connectivity index (χ1v) is 7.61. The lowest BCUT2D eigenvalue weighted by molar-refractivity contribution is 0.0593. The van der Waals surface area contributed by atoms with E-state index in [-0.39, 0.29) is 0 Å². The van der Waals surface area contributed by atoms with Gasteiger partial charge < -0.3 is 10.2 Å². The van der Waals surface area contributed by atoms with Gasteiger partial charge in [-0.3, -0.25) is 0 Å². The molecular formula is C15H30N2. The van der Waals surface area contributed by atoms with E-state index in [0.717, 1.165) is 5.92 Å². The molecule has 2 heteroatoms. The Morgan fingerprint density at radius 1 is 1.29 bits per heavy atom. The molecule has 1 saturated heterocycles. The third kappa shape index (κ3) is 3.23. The summed E-state index contributed by atoms with van der Waals surface area (Å²) >= 11 is 0. The highest BCUT2D eigenvalue weighted by atomic mass is 15.2. The maximum atomic E-state index is 3.71. The standard InChI is InChI=1S/C15H30N2/c1-4-15(7-5-8-15)12-17-10-6-9-16-14(11-17)13(2)3/h13-14,16H,4-12H2,1-3H3. The van der Waals surface area contributed by atoms with Gasteiger partial charge in [0.25, 0.3) is 0 Å². The summed E-state index contributed by atoms with van der Waals surface area (Å²) in [6.45, 7) is 12.2. The van der Waals surface area contributed by atoms with Crippen LogP contribution in [0.5, 0.6) is 0 Å². The van der Waals surface area contributed by atoms with Crippen LogP contribution in [0.15, 0.2) is 0 Å². The molecule has 2 nitrogen and oxygen atoms in total. The first-order chi connectivity index (χ1) is 8.15. The molecule has 0 aromatic carbocycles. The van der Waals surface area contributed by atoms with Crippen molar-refractivity contribution < 1.29 is 0 Å². The SMILES string of the molecule is CCC1(CN2CCCNC(C(C)C)C2)CCC1. The minimum Gasteiger partial charge on any atom is -0.312 e. The highest BCUT2D eigenvalue weighted by molar-refractivity contribution is 4.91. The van der Waals surface area contributed by atoms with E-state index in [0.29, 0.717) is 11.5 Å². The number of nitrogens with zero attached hydrogens (tertiary/aromatic N) is 1. The lowest BCUT2D eigenvalue weighted by Gasteiger charge is -2.45. The summed E-state index contributed by atoms with van der Waals surface area (Å²) in [7, 11) is 0. The Kier molecular flexibility index (Phi) is 4.48. The summed E-state index contributed by atoms with van der Waals surface area (Å²) in [5.74, 6) is 0.759. The Bertz CT molecular complexity index is 228. The normalized spacial score (nSPS) is 30.0. The Labute approximate surface area is 107 Å². The van der Waals surface area contributed by atoms with Gasteiger partial charge in [-0.05, 0) is 50.1 Å². The van der Waals surface area contributed by atoms with Gasteiger partial charge in [-0.15, -0.1) is 0 Å². The van der Waals surface area contributed by atoms with Gasteiger partial charge in [0.15, 0.2) is 0 Å². The van der Waals surface area contributed by atoms with E-state index in [4.69, 9.17) is 0 Å². The smallest absolute Gasteiger partial charge is 0.0217 e. The van der Waals surface area contributed by atoms with Gasteiger partial charge in [0.1, 0.15) is 0 Å².